The maximum atomic E-state index is 13.0. The van der Waals surface area contributed by atoms with E-state index in [0.717, 1.165) is 11.0 Å². The number of halogens is 4. The number of rotatable bonds is 3. The van der Waals surface area contributed by atoms with Crippen molar-refractivity contribution in [2.75, 3.05) is 39.4 Å². The first-order valence-corrected chi connectivity index (χ1v) is 10.7. The van der Waals surface area contributed by atoms with Gasteiger partial charge in [-0.25, -0.2) is 8.42 Å². The molecule has 1 aromatic rings. The van der Waals surface area contributed by atoms with E-state index < -0.39 is 34.6 Å². The van der Waals surface area contributed by atoms with Gasteiger partial charge in [-0.2, -0.15) is 17.5 Å². The van der Waals surface area contributed by atoms with Gasteiger partial charge in [0.1, 0.15) is 0 Å². The van der Waals surface area contributed by atoms with Crippen LogP contribution in [0.1, 0.15) is 23.2 Å². The highest BCUT2D eigenvalue weighted by Gasteiger charge is 2.43. The number of piperidine rings is 1. The highest BCUT2D eigenvalue weighted by Crippen LogP contribution is 2.34. The lowest BCUT2D eigenvalue weighted by atomic mass is 9.97. The lowest BCUT2D eigenvalue weighted by Crippen LogP contribution is -2.44. The summed E-state index contributed by atoms with van der Waals surface area (Å²) in [7, 11) is -3.86. The van der Waals surface area contributed by atoms with Crippen LogP contribution in [0.25, 0.3) is 0 Å². The topological polar surface area (TPSA) is 66.9 Å². The normalized spacial score (nSPS) is 22.3. The fraction of sp³-hybridized carbons (Fsp3) is 0.588. The van der Waals surface area contributed by atoms with Crippen LogP contribution in [0.5, 0.6) is 0 Å². The number of likely N-dealkylation sites (tertiary alicyclic amines) is 1. The molecule has 2 heterocycles. The zero-order chi connectivity index (χ0) is 20.5. The molecule has 1 amide bonds. The molecule has 28 heavy (non-hydrogen) atoms. The largest absolute Gasteiger partial charge is 0.393 e. The Kier molecular flexibility index (Phi) is 6.23. The Morgan fingerprint density at radius 2 is 1.86 bits per heavy atom. The van der Waals surface area contributed by atoms with Crippen molar-refractivity contribution < 1.29 is 31.1 Å². The minimum absolute atomic E-state index is 0.0000552. The summed E-state index contributed by atoms with van der Waals surface area (Å²) in [5, 5.41) is 0.0000552. The number of morpholine rings is 1. The Morgan fingerprint density at radius 3 is 2.50 bits per heavy atom. The number of ether oxygens (including phenoxy) is 1. The lowest BCUT2D eigenvalue weighted by Gasteiger charge is -2.34. The van der Waals surface area contributed by atoms with Crippen LogP contribution in [0.4, 0.5) is 13.2 Å². The van der Waals surface area contributed by atoms with Crippen molar-refractivity contribution in [3.8, 4) is 0 Å². The summed E-state index contributed by atoms with van der Waals surface area (Å²) in [5.41, 5.74) is -0.112. The number of alkyl halides is 3. The number of sulfonamides is 1. The Balaban J connectivity index is 1.86. The summed E-state index contributed by atoms with van der Waals surface area (Å²) in [5.74, 6) is -2.29. The molecule has 0 N–H and O–H groups in total. The van der Waals surface area contributed by atoms with E-state index in [9.17, 15) is 26.4 Å². The minimum atomic E-state index is -4.38. The third-order valence-corrected chi connectivity index (χ3v) is 7.17. The SMILES string of the molecule is O=C(c1cc(S(=O)(=O)N2CCOCC2)ccc1Cl)N1CCC[C@@H](C(F)(F)F)C1. The first kappa shape index (κ1) is 21.4. The Morgan fingerprint density at radius 1 is 1.18 bits per heavy atom. The summed E-state index contributed by atoms with van der Waals surface area (Å²) in [6.45, 7) is 0.624. The van der Waals surface area contributed by atoms with E-state index >= 15 is 0 Å². The van der Waals surface area contributed by atoms with Gasteiger partial charge in [0.05, 0.1) is 34.6 Å². The lowest BCUT2D eigenvalue weighted by molar-refractivity contribution is -0.184. The molecule has 156 valence electrons. The third kappa shape index (κ3) is 4.45. The van der Waals surface area contributed by atoms with Crippen LogP contribution >= 0.6 is 11.6 Å². The molecular weight excluding hydrogens is 421 g/mol. The summed E-state index contributed by atoms with van der Waals surface area (Å²) < 4.78 is 71.0. The van der Waals surface area contributed by atoms with Crippen LogP contribution in [0.2, 0.25) is 5.02 Å². The molecule has 0 spiro atoms. The minimum Gasteiger partial charge on any atom is -0.379 e. The second kappa shape index (κ2) is 8.17. The van der Waals surface area contributed by atoms with Crippen molar-refractivity contribution >= 4 is 27.5 Å². The Hall–Kier alpha value is -1.36. The first-order valence-electron chi connectivity index (χ1n) is 8.84. The quantitative estimate of drug-likeness (QED) is 0.725. The van der Waals surface area contributed by atoms with Gasteiger partial charge in [0.15, 0.2) is 0 Å². The van der Waals surface area contributed by atoms with Crippen molar-refractivity contribution in [2.45, 2.75) is 23.9 Å². The van der Waals surface area contributed by atoms with Gasteiger partial charge in [0, 0.05) is 26.2 Å². The number of hydrogen-bond donors (Lipinski definition) is 0. The van der Waals surface area contributed by atoms with Crippen molar-refractivity contribution in [1.82, 2.24) is 9.21 Å². The first-order chi connectivity index (χ1) is 13.1. The molecule has 1 aromatic carbocycles. The standard InChI is InChI=1S/C17H20ClF3N2O4S/c18-15-4-3-13(28(25,26)23-6-8-27-9-7-23)10-14(15)16(24)22-5-1-2-12(11-22)17(19,20)21/h3-4,10,12H,1-2,5-9,11H2/t12-/m1/s1. The maximum Gasteiger partial charge on any atom is 0.393 e. The molecular formula is C17H20ClF3N2O4S. The van der Waals surface area contributed by atoms with Gasteiger partial charge in [-0.15, -0.1) is 0 Å². The van der Waals surface area contributed by atoms with Crippen LogP contribution in [-0.2, 0) is 14.8 Å². The predicted molar refractivity (Wildman–Crippen MR) is 95.7 cm³/mol. The van der Waals surface area contributed by atoms with Gasteiger partial charge in [-0.05, 0) is 31.0 Å². The molecule has 11 heteroatoms. The molecule has 0 aliphatic carbocycles. The molecule has 6 nitrogen and oxygen atoms in total. The van der Waals surface area contributed by atoms with Gasteiger partial charge in [0.2, 0.25) is 10.0 Å². The molecule has 3 rings (SSSR count). The van der Waals surface area contributed by atoms with Gasteiger partial charge in [0.25, 0.3) is 5.91 Å². The van der Waals surface area contributed by atoms with Crippen LogP contribution in [0.3, 0.4) is 0 Å². The highest BCUT2D eigenvalue weighted by atomic mass is 35.5. The zero-order valence-electron chi connectivity index (χ0n) is 14.9. The molecule has 0 radical (unpaired) electrons. The fourth-order valence-electron chi connectivity index (χ4n) is 3.36. The third-order valence-electron chi connectivity index (χ3n) is 4.95. The van der Waals surface area contributed by atoms with Crippen molar-refractivity contribution in [2.24, 2.45) is 5.92 Å². The molecule has 0 saturated carbocycles. The second-order valence-corrected chi connectivity index (χ2v) is 9.14. The second-order valence-electron chi connectivity index (χ2n) is 6.79. The Bertz CT molecular complexity index is 841. The van der Waals surface area contributed by atoms with E-state index in [2.05, 4.69) is 0 Å². The van der Waals surface area contributed by atoms with Gasteiger partial charge in [-0.3, -0.25) is 4.79 Å². The van der Waals surface area contributed by atoms with E-state index in [-0.39, 0.29) is 61.2 Å². The zero-order valence-corrected chi connectivity index (χ0v) is 16.5. The van der Waals surface area contributed by atoms with Crippen molar-refractivity contribution in [3.63, 3.8) is 0 Å². The number of nitrogens with zero attached hydrogens (tertiary/aromatic N) is 2. The van der Waals surface area contributed by atoms with E-state index in [4.69, 9.17) is 16.3 Å². The average molecular weight is 441 g/mol. The number of benzene rings is 1. The fourth-order valence-corrected chi connectivity index (χ4v) is 5.00. The van der Waals surface area contributed by atoms with Crippen LogP contribution in [0.15, 0.2) is 23.1 Å². The molecule has 2 aliphatic rings. The van der Waals surface area contributed by atoms with Gasteiger partial charge < -0.3 is 9.64 Å². The van der Waals surface area contributed by atoms with E-state index in [1.165, 1.54) is 16.4 Å². The number of hydrogen-bond acceptors (Lipinski definition) is 4. The van der Waals surface area contributed by atoms with Gasteiger partial charge >= 0.3 is 6.18 Å². The summed E-state index contributed by atoms with van der Waals surface area (Å²) in [6.07, 6.45) is -4.20. The smallest absolute Gasteiger partial charge is 0.379 e. The molecule has 2 aliphatic heterocycles. The van der Waals surface area contributed by atoms with Crippen LogP contribution in [0, 0.1) is 5.92 Å². The number of carbonyl (C=O) groups is 1. The number of carbonyl (C=O) groups excluding carboxylic acids is 1. The molecule has 0 unspecified atom stereocenters. The van der Waals surface area contributed by atoms with Crippen LogP contribution in [-0.4, -0.2) is 69.1 Å². The Labute approximate surface area is 166 Å². The summed E-state index contributed by atoms with van der Waals surface area (Å²) in [6, 6.07) is 3.72. The van der Waals surface area contributed by atoms with E-state index in [0.29, 0.717) is 0 Å². The molecule has 0 aromatic heterocycles. The van der Waals surface area contributed by atoms with E-state index in [1.54, 1.807) is 0 Å². The highest BCUT2D eigenvalue weighted by molar-refractivity contribution is 7.89. The average Bonchev–Trinajstić information content (AvgIpc) is 2.68. The monoisotopic (exact) mass is 440 g/mol. The molecule has 1 atom stereocenters. The van der Waals surface area contributed by atoms with Crippen LogP contribution < -0.4 is 0 Å². The maximum absolute atomic E-state index is 13.0. The van der Waals surface area contributed by atoms with Crippen molar-refractivity contribution in [3.05, 3.63) is 28.8 Å². The predicted octanol–water partition coefficient (Wildman–Crippen LogP) is 2.78. The molecule has 0 bridgehead atoms. The van der Waals surface area contributed by atoms with Crippen molar-refractivity contribution in [1.29, 1.82) is 0 Å². The summed E-state index contributed by atoms with van der Waals surface area (Å²) in [4.78, 5) is 13.8. The van der Waals surface area contributed by atoms with E-state index in [1.807, 2.05) is 0 Å². The number of amides is 1. The summed E-state index contributed by atoms with van der Waals surface area (Å²) >= 11 is 6.07. The molecule has 2 fully saturated rings. The van der Waals surface area contributed by atoms with Gasteiger partial charge in [-0.1, -0.05) is 11.6 Å². The molecule has 2 saturated heterocycles.